The molecule has 1 unspecified atom stereocenters. The number of aromatic nitrogens is 3. The molecular weight excluding hydrogens is 377 g/mol. The van der Waals surface area contributed by atoms with Gasteiger partial charge in [-0.2, -0.15) is 13.2 Å². The van der Waals surface area contributed by atoms with Crippen LogP contribution in [0, 0.1) is 6.92 Å². The van der Waals surface area contributed by atoms with Crippen LogP contribution in [0.4, 0.5) is 13.2 Å². The molecule has 2 heterocycles. The molecule has 0 saturated heterocycles. The number of alkyl halides is 3. The Hall–Kier alpha value is -2.42. The number of carbonyl (C=O) groups is 1. The molecule has 0 aliphatic rings. The standard InChI is InChI=1S/C18H19F3N4OS/c1-4-14(12-7-6-8-13(9-12)18(19,20)21)24(5-2)17(26)16-23-25-11(3)22-10-15(25)27-16/h6-10,14H,4-5H2,1-3H3. The van der Waals surface area contributed by atoms with Crippen LogP contribution in [-0.4, -0.2) is 31.9 Å². The molecule has 144 valence electrons. The molecule has 0 radical (unpaired) electrons. The summed E-state index contributed by atoms with van der Waals surface area (Å²) in [4.78, 5) is 19.5. The van der Waals surface area contributed by atoms with E-state index in [1.807, 2.05) is 6.92 Å². The lowest BCUT2D eigenvalue weighted by molar-refractivity contribution is -0.137. The van der Waals surface area contributed by atoms with Crippen molar-refractivity contribution in [3.8, 4) is 0 Å². The van der Waals surface area contributed by atoms with Gasteiger partial charge in [0.15, 0.2) is 0 Å². The Balaban J connectivity index is 1.95. The van der Waals surface area contributed by atoms with Crippen LogP contribution >= 0.6 is 11.3 Å². The Morgan fingerprint density at radius 1 is 1.33 bits per heavy atom. The second-order valence-electron chi connectivity index (χ2n) is 6.10. The fourth-order valence-corrected chi connectivity index (χ4v) is 3.98. The molecule has 0 bridgehead atoms. The highest BCUT2D eigenvalue weighted by Gasteiger charge is 2.32. The Kier molecular flexibility index (Phi) is 5.23. The van der Waals surface area contributed by atoms with E-state index in [1.165, 1.54) is 17.4 Å². The van der Waals surface area contributed by atoms with Crippen molar-refractivity contribution in [2.45, 2.75) is 39.4 Å². The Labute approximate surface area is 158 Å². The normalized spacial score (nSPS) is 13.1. The number of hydrogen-bond donors (Lipinski definition) is 0. The van der Waals surface area contributed by atoms with E-state index < -0.39 is 17.8 Å². The summed E-state index contributed by atoms with van der Waals surface area (Å²) >= 11 is 1.22. The third-order valence-corrected chi connectivity index (χ3v) is 5.35. The summed E-state index contributed by atoms with van der Waals surface area (Å²) in [7, 11) is 0. The second kappa shape index (κ2) is 7.30. The number of fused-ring (bicyclic) bond motifs is 1. The SMILES string of the molecule is CCC(c1cccc(C(F)(F)F)c1)N(CC)C(=O)c1nn2c(C)ncc2s1. The number of rotatable bonds is 5. The molecule has 3 aromatic rings. The van der Waals surface area contributed by atoms with E-state index in [1.54, 1.807) is 35.5 Å². The van der Waals surface area contributed by atoms with Crippen LogP contribution in [-0.2, 0) is 6.18 Å². The molecule has 3 rings (SSSR count). The van der Waals surface area contributed by atoms with Crippen LogP contribution in [0.15, 0.2) is 30.5 Å². The van der Waals surface area contributed by atoms with E-state index in [9.17, 15) is 18.0 Å². The number of benzene rings is 1. The summed E-state index contributed by atoms with van der Waals surface area (Å²) in [5.41, 5.74) is -0.254. The zero-order chi connectivity index (χ0) is 19.8. The number of imidazole rings is 1. The zero-order valence-corrected chi connectivity index (χ0v) is 15.9. The molecule has 0 N–H and O–H groups in total. The summed E-state index contributed by atoms with van der Waals surface area (Å²) in [5, 5.41) is 4.60. The third kappa shape index (κ3) is 3.69. The summed E-state index contributed by atoms with van der Waals surface area (Å²) < 4.78 is 40.8. The van der Waals surface area contributed by atoms with Crippen molar-refractivity contribution in [3.63, 3.8) is 0 Å². The van der Waals surface area contributed by atoms with Crippen molar-refractivity contribution in [3.05, 3.63) is 52.4 Å². The predicted octanol–water partition coefficient (Wildman–Crippen LogP) is 4.73. The molecule has 5 nitrogen and oxygen atoms in total. The molecule has 0 fully saturated rings. The first-order valence-corrected chi connectivity index (χ1v) is 9.37. The van der Waals surface area contributed by atoms with Gasteiger partial charge in [-0.25, -0.2) is 9.50 Å². The van der Waals surface area contributed by atoms with Gasteiger partial charge >= 0.3 is 6.18 Å². The first-order valence-electron chi connectivity index (χ1n) is 8.55. The largest absolute Gasteiger partial charge is 0.416 e. The van der Waals surface area contributed by atoms with E-state index in [-0.39, 0.29) is 5.91 Å². The molecule has 9 heteroatoms. The van der Waals surface area contributed by atoms with Gasteiger partial charge in [0.25, 0.3) is 5.91 Å². The molecule has 1 aromatic carbocycles. The molecular formula is C18H19F3N4OS. The van der Waals surface area contributed by atoms with Crippen LogP contribution in [0.3, 0.4) is 0 Å². The Bertz CT molecular complexity index is 963. The van der Waals surface area contributed by atoms with Gasteiger partial charge in [0.2, 0.25) is 5.01 Å². The Morgan fingerprint density at radius 3 is 2.67 bits per heavy atom. The summed E-state index contributed by atoms with van der Waals surface area (Å²) in [6, 6.07) is 4.69. The van der Waals surface area contributed by atoms with Gasteiger partial charge in [0.05, 0.1) is 17.8 Å². The lowest BCUT2D eigenvalue weighted by Crippen LogP contribution is -2.34. The van der Waals surface area contributed by atoms with Gasteiger partial charge in [-0.1, -0.05) is 30.4 Å². The van der Waals surface area contributed by atoms with Gasteiger partial charge in [-0.15, -0.1) is 5.10 Å². The highest BCUT2D eigenvalue weighted by atomic mass is 32.1. The number of aryl methyl sites for hydroxylation is 1. The van der Waals surface area contributed by atoms with Gasteiger partial charge in [-0.3, -0.25) is 4.79 Å². The summed E-state index contributed by atoms with van der Waals surface area (Å²) in [5.74, 6) is 0.378. The predicted molar refractivity (Wildman–Crippen MR) is 96.8 cm³/mol. The first kappa shape index (κ1) is 19.3. The minimum atomic E-state index is -4.42. The summed E-state index contributed by atoms with van der Waals surface area (Å²) in [6.07, 6.45) is -2.29. The van der Waals surface area contributed by atoms with Crippen molar-refractivity contribution in [2.75, 3.05) is 6.54 Å². The molecule has 0 spiro atoms. The van der Waals surface area contributed by atoms with Crippen LogP contribution in [0.1, 0.15) is 53.1 Å². The van der Waals surface area contributed by atoms with Crippen molar-refractivity contribution < 1.29 is 18.0 Å². The van der Waals surface area contributed by atoms with Crippen LogP contribution in [0.5, 0.6) is 0 Å². The van der Waals surface area contributed by atoms with Crippen molar-refractivity contribution in [1.82, 2.24) is 19.5 Å². The molecule has 1 amide bonds. The average molecular weight is 396 g/mol. The molecule has 0 aliphatic carbocycles. The molecule has 1 atom stereocenters. The maximum absolute atomic E-state index is 13.1. The lowest BCUT2D eigenvalue weighted by atomic mass is 10.00. The fraction of sp³-hybridized carbons (Fsp3) is 0.389. The topological polar surface area (TPSA) is 50.5 Å². The minimum Gasteiger partial charge on any atom is -0.330 e. The van der Waals surface area contributed by atoms with Gasteiger partial charge in [0, 0.05) is 6.54 Å². The molecule has 0 saturated carbocycles. The van der Waals surface area contributed by atoms with Crippen molar-refractivity contribution in [2.24, 2.45) is 0 Å². The average Bonchev–Trinajstić information content (AvgIpc) is 3.20. The number of nitrogens with zero attached hydrogens (tertiary/aromatic N) is 4. The number of halogens is 3. The van der Waals surface area contributed by atoms with E-state index >= 15 is 0 Å². The van der Waals surface area contributed by atoms with Gasteiger partial charge in [0.1, 0.15) is 10.7 Å². The van der Waals surface area contributed by atoms with E-state index in [0.29, 0.717) is 29.4 Å². The second-order valence-corrected chi connectivity index (χ2v) is 7.11. The monoisotopic (exact) mass is 396 g/mol. The third-order valence-electron chi connectivity index (χ3n) is 4.42. The van der Waals surface area contributed by atoms with Gasteiger partial charge in [-0.05, 0) is 38.0 Å². The van der Waals surface area contributed by atoms with E-state index in [4.69, 9.17) is 0 Å². The maximum Gasteiger partial charge on any atom is 0.416 e. The van der Waals surface area contributed by atoms with E-state index in [2.05, 4.69) is 10.1 Å². The van der Waals surface area contributed by atoms with Crippen LogP contribution in [0.25, 0.3) is 4.83 Å². The maximum atomic E-state index is 13.1. The van der Waals surface area contributed by atoms with E-state index in [0.717, 1.165) is 17.0 Å². The molecule has 27 heavy (non-hydrogen) atoms. The molecule has 2 aromatic heterocycles. The van der Waals surface area contributed by atoms with Crippen LogP contribution < -0.4 is 0 Å². The first-order chi connectivity index (χ1) is 12.8. The fourth-order valence-electron chi connectivity index (χ4n) is 3.09. The van der Waals surface area contributed by atoms with Crippen LogP contribution in [0.2, 0.25) is 0 Å². The lowest BCUT2D eigenvalue weighted by Gasteiger charge is -2.30. The number of carbonyl (C=O) groups excluding carboxylic acids is 1. The highest BCUT2D eigenvalue weighted by Crippen LogP contribution is 2.33. The number of hydrogen-bond acceptors (Lipinski definition) is 4. The zero-order valence-electron chi connectivity index (χ0n) is 15.1. The minimum absolute atomic E-state index is 0.294. The summed E-state index contributed by atoms with van der Waals surface area (Å²) in [6.45, 7) is 5.80. The number of amides is 1. The van der Waals surface area contributed by atoms with Crippen molar-refractivity contribution in [1.29, 1.82) is 0 Å². The quantitative estimate of drug-likeness (QED) is 0.626. The highest BCUT2D eigenvalue weighted by molar-refractivity contribution is 7.18. The van der Waals surface area contributed by atoms with Gasteiger partial charge < -0.3 is 4.90 Å². The van der Waals surface area contributed by atoms with Crippen molar-refractivity contribution >= 4 is 22.1 Å². The smallest absolute Gasteiger partial charge is 0.330 e. The Morgan fingerprint density at radius 2 is 2.07 bits per heavy atom. The molecule has 0 aliphatic heterocycles.